The van der Waals surface area contributed by atoms with Crippen LogP contribution in [0.15, 0.2) is 0 Å². The van der Waals surface area contributed by atoms with Gasteiger partial charge in [0.1, 0.15) is 0 Å². The van der Waals surface area contributed by atoms with Crippen molar-refractivity contribution in [3.05, 3.63) is 0 Å². The Morgan fingerprint density at radius 1 is 1.50 bits per heavy atom. The molecule has 2 aliphatic heterocycles. The lowest BCUT2D eigenvalue weighted by atomic mass is 10.1. The Labute approximate surface area is 78.9 Å². The van der Waals surface area contributed by atoms with Crippen molar-refractivity contribution in [3.8, 4) is 0 Å². The first-order valence-electron chi connectivity index (χ1n) is 4.90. The molecule has 3 heteroatoms. The van der Waals surface area contributed by atoms with E-state index >= 15 is 0 Å². The van der Waals surface area contributed by atoms with Crippen molar-refractivity contribution in [1.82, 2.24) is 10.6 Å². The maximum Gasteiger partial charge on any atom is 0.0771 e. The molecule has 0 aliphatic carbocycles. The molecule has 0 aromatic rings. The largest absolute Gasteiger partial charge is 0.314 e. The van der Waals surface area contributed by atoms with Crippen LogP contribution < -0.4 is 10.6 Å². The molecular weight excluding hydrogens is 168 g/mol. The monoisotopic (exact) mass is 186 g/mol. The second-order valence-corrected chi connectivity index (χ2v) is 5.48. The number of rotatable bonds is 0. The van der Waals surface area contributed by atoms with Gasteiger partial charge in [0.2, 0.25) is 0 Å². The predicted octanol–water partition coefficient (Wildman–Crippen LogP) is 1.04. The van der Waals surface area contributed by atoms with E-state index in [4.69, 9.17) is 0 Å². The van der Waals surface area contributed by atoms with Gasteiger partial charge in [-0.15, -0.1) is 11.8 Å². The maximum absolute atomic E-state index is 3.68. The molecule has 12 heavy (non-hydrogen) atoms. The van der Waals surface area contributed by atoms with E-state index in [-0.39, 0.29) is 0 Å². The van der Waals surface area contributed by atoms with Crippen LogP contribution in [0.2, 0.25) is 0 Å². The van der Waals surface area contributed by atoms with E-state index in [1.165, 1.54) is 31.7 Å². The summed E-state index contributed by atoms with van der Waals surface area (Å²) in [6.07, 6.45) is 2.67. The SMILES string of the molecule is CC1CNC2(CCCNC2)SC1. The van der Waals surface area contributed by atoms with Crippen molar-refractivity contribution >= 4 is 11.8 Å². The molecule has 0 amide bonds. The molecule has 2 saturated heterocycles. The van der Waals surface area contributed by atoms with Crippen molar-refractivity contribution in [1.29, 1.82) is 0 Å². The smallest absolute Gasteiger partial charge is 0.0771 e. The molecular formula is C9H18N2S. The lowest BCUT2D eigenvalue weighted by Gasteiger charge is -2.42. The van der Waals surface area contributed by atoms with Gasteiger partial charge in [-0.05, 0) is 37.6 Å². The standard InChI is InChI=1S/C9H18N2S/c1-8-5-11-9(12-6-8)3-2-4-10-7-9/h8,10-11H,2-7H2,1H3. The third-order valence-corrected chi connectivity index (χ3v) is 4.54. The summed E-state index contributed by atoms with van der Waals surface area (Å²) in [5, 5.41) is 7.16. The van der Waals surface area contributed by atoms with Crippen LogP contribution in [0.4, 0.5) is 0 Å². The van der Waals surface area contributed by atoms with Gasteiger partial charge in [0.25, 0.3) is 0 Å². The Morgan fingerprint density at radius 3 is 3.00 bits per heavy atom. The highest BCUT2D eigenvalue weighted by atomic mass is 32.2. The van der Waals surface area contributed by atoms with Gasteiger partial charge in [-0.1, -0.05) is 6.92 Å². The van der Waals surface area contributed by atoms with Crippen molar-refractivity contribution in [2.75, 3.05) is 25.4 Å². The Balaban J connectivity index is 1.92. The van der Waals surface area contributed by atoms with E-state index in [0.717, 1.165) is 12.5 Å². The predicted molar refractivity (Wildman–Crippen MR) is 54.5 cm³/mol. The fourth-order valence-electron chi connectivity index (χ4n) is 1.92. The third-order valence-electron chi connectivity index (χ3n) is 2.76. The van der Waals surface area contributed by atoms with Gasteiger partial charge in [0, 0.05) is 6.54 Å². The zero-order chi connectivity index (χ0) is 8.44. The molecule has 2 rings (SSSR count). The van der Waals surface area contributed by atoms with E-state index in [9.17, 15) is 0 Å². The second kappa shape index (κ2) is 3.56. The Hall–Kier alpha value is 0.270. The van der Waals surface area contributed by atoms with E-state index in [1.807, 2.05) is 0 Å². The molecule has 0 radical (unpaired) electrons. The second-order valence-electron chi connectivity index (χ2n) is 4.07. The van der Waals surface area contributed by atoms with Crippen LogP contribution in [0, 0.1) is 5.92 Å². The van der Waals surface area contributed by atoms with Gasteiger partial charge in [-0.2, -0.15) is 0 Å². The highest BCUT2D eigenvalue weighted by Crippen LogP contribution is 2.33. The van der Waals surface area contributed by atoms with Crippen LogP contribution in [0.1, 0.15) is 19.8 Å². The fourth-order valence-corrected chi connectivity index (χ4v) is 3.32. The Morgan fingerprint density at radius 2 is 2.42 bits per heavy atom. The summed E-state index contributed by atoms with van der Waals surface area (Å²) in [6.45, 7) is 5.89. The molecule has 2 unspecified atom stereocenters. The number of piperidine rings is 1. The molecule has 70 valence electrons. The minimum atomic E-state index is 0.394. The minimum absolute atomic E-state index is 0.394. The van der Waals surface area contributed by atoms with Gasteiger partial charge < -0.3 is 10.6 Å². The quantitative estimate of drug-likeness (QED) is 0.591. The van der Waals surface area contributed by atoms with Gasteiger partial charge in [0.15, 0.2) is 0 Å². The van der Waals surface area contributed by atoms with Crippen LogP contribution in [0.5, 0.6) is 0 Å². The Bertz CT molecular complexity index is 145. The topological polar surface area (TPSA) is 24.1 Å². The van der Waals surface area contributed by atoms with Crippen molar-refractivity contribution in [2.24, 2.45) is 5.92 Å². The summed E-state index contributed by atoms with van der Waals surface area (Å²) in [5.41, 5.74) is 0. The van der Waals surface area contributed by atoms with Gasteiger partial charge in [-0.3, -0.25) is 0 Å². The Kier molecular flexibility index (Phi) is 2.63. The molecule has 2 N–H and O–H groups in total. The van der Waals surface area contributed by atoms with Crippen molar-refractivity contribution in [2.45, 2.75) is 24.6 Å². The summed E-state index contributed by atoms with van der Waals surface area (Å²) < 4.78 is 0. The lowest BCUT2D eigenvalue weighted by Crippen LogP contribution is -2.57. The van der Waals surface area contributed by atoms with Crippen LogP contribution in [0.25, 0.3) is 0 Å². The van der Waals surface area contributed by atoms with E-state index < -0.39 is 0 Å². The molecule has 2 fully saturated rings. The van der Waals surface area contributed by atoms with Gasteiger partial charge >= 0.3 is 0 Å². The molecule has 0 aromatic heterocycles. The first-order chi connectivity index (χ1) is 5.81. The summed E-state index contributed by atoms with van der Waals surface area (Å²) in [6, 6.07) is 0. The van der Waals surface area contributed by atoms with Gasteiger partial charge in [-0.25, -0.2) is 0 Å². The first-order valence-corrected chi connectivity index (χ1v) is 5.89. The molecule has 2 nitrogen and oxygen atoms in total. The minimum Gasteiger partial charge on any atom is -0.314 e. The highest BCUT2D eigenvalue weighted by Gasteiger charge is 2.35. The van der Waals surface area contributed by atoms with Crippen LogP contribution in [-0.4, -0.2) is 30.3 Å². The molecule has 0 bridgehead atoms. The average molecular weight is 186 g/mol. The van der Waals surface area contributed by atoms with E-state index in [2.05, 4.69) is 29.3 Å². The molecule has 2 heterocycles. The molecule has 0 saturated carbocycles. The first kappa shape index (κ1) is 8.85. The average Bonchev–Trinajstić information content (AvgIpc) is 2.13. The maximum atomic E-state index is 3.68. The van der Waals surface area contributed by atoms with Crippen LogP contribution >= 0.6 is 11.8 Å². The summed E-state index contributed by atoms with van der Waals surface area (Å²) in [5.74, 6) is 2.18. The molecule has 0 aromatic carbocycles. The zero-order valence-electron chi connectivity index (χ0n) is 7.73. The molecule has 2 aliphatic rings. The number of hydrogen-bond acceptors (Lipinski definition) is 3. The fraction of sp³-hybridized carbons (Fsp3) is 1.00. The van der Waals surface area contributed by atoms with Crippen LogP contribution in [-0.2, 0) is 0 Å². The number of nitrogens with one attached hydrogen (secondary N) is 2. The number of hydrogen-bond donors (Lipinski definition) is 2. The third kappa shape index (κ3) is 1.78. The van der Waals surface area contributed by atoms with Crippen molar-refractivity contribution in [3.63, 3.8) is 0 Å². The normalized spacial score (nSPS) is 43.2. The number of thioether (sulfide) groups is 1. The lowest BCUT2D eigenvalue weighted by molar-refractivity contribution is 0.328. The molecule has 2 atom stereocenters. The zero-order valence-corrected chi connectivity index (χ0v) is 8.54. The highest BCUT2D eigenvalue weighted by molar-refractivity contribution is 8.00. The van der Waals surface area contributed by atoms with Crippen LogP contribution in [0.3, 0.4) is 0 Å². The summed E-state index contributed by atoms with van der Waals surface area (Å²) in [4.78, 5) is 0.394. The van der Waals surface area contributed by atoms with Crippen molar-refractivity contribution < 1.29 is 0 Å². The summed E-state index contributed by atoms with van der Waals surface area (Å²) >= 11 is 2.12. The van der Waals surface area contributed by atoms with E-state index in [0.29, 0.717) is 4.87 Å². The van der Waals surface area contributed by atoms with Gasteiger partial charge in [0.05, 0.1) is 4.87 Å². The summed E-state index contributed by atoms with van der Waals surface area (Å²) in [7, 11) is 0. The van der Waals surface area contributed by atoms with E-state index in [1.54, 1.807) is 0 Å². The molecule has 1 spiro atoms.